The van der Waals surface area contributed by atoms with E-state index in [0.29, 0.717) is 5.92 Å². The van der Waals surface area contributed by atoms with Gasteiger partial charge in [0.15, 0.2) is 0 Å². The molecular formula is C23H28N4. The number of aryl methyl sites for hydroxylation is 2. The van der Waals surface area contributed by atoms with E-state index in [0.717, 1.165) is 31.9 Å². The average molecular weight is 361 g/mol. The number of likely N-dealkylation sites (tertiary alicyclic amines) is 1. The molecule has 2 aromatic heterocycles. The van der Waals surface area contributed by atoms with Gasteiger partial charge in [0.1, 0.15) is 5.82 Å². The molecule has 1 fully saturated rings. The summed E-state index contributed by atoms with van der Waals surface area (Å²) in [5.74, 6) is 1.65. The maximum atomic E-state index is 5.02. The third-order valence-electron chi connectivity index (χ3n) is 5.51. The first-order valence-corrected chi connectivity index (χ1v) is 9.87. The summed E-state index contributed by atoms with van der Waals surface area (Å²) in [6.07, 6.45) is 7.25. The normalized spacial score (nSPS) is 17.9. The van der Waals surface area contributed by atoms with Crippen LogP contribution in [0.25, 0.3) is 0 Å². The van der Waals surface area contributed by atoms with Gasteiger partial charge in [0.2, 0.25) is 0 Å². The highest BCUT2D eigenvalue weighted by Gasteiger charge is 2.23. The fourth-order valence-corrected chi connectivity index (χ4v) is 4.04. The largest absolute Gasteiger partial charge is 0.337 e. The van der Waals surface area contributed by atoms with Crippen LogP contribution in [0.15, 0.2) is 54.9 Å². The third-order valence-corrected chi connectivity index (χ3v) is 5.51. The van der Waals surface area contributed by atoms with Gasteiger partial charge in [0.05, 0.1) is 6.54 Å². The van der Waals surface area contributed by atoms with Gasteiger partial charge in [0.25, 0.3) is 0 Å². The van der Waals surface area contributed by atoms with E-state index in [9.17, 15) is 0 Å². The Kier molecular flexibility index (Phi) is 5.35. The Hall–Kier alpha value is -2.46. The van der Waals surface area contributed by atoms with Crippen LogP contribution in [0.5, 0.6) is 0 Å². The van der Waals surface area contributed by atoms with Gasteiger partial charge in [-0.15, -0.1) is 0 Å². The number of rotatable bonds is 5. The van der Waals surface area contributed by atoms with Gasteiger partial charge in [-0.05, 0) is 44.0 Å². The summed E-state index contributed by atoms with van der Waals surface area (Å²) in [5, 5.41) is 0. The first-order chi connectivity index (χ1) is 13.2. The summed E-state index contributed by atoms with van der Waals surface area (Å²) in [4.78, 5) is 12.0. The molecule has 0 unspecified atom stereocenters. The molecule has 27 heavy (non-hydrogen) atoms. The van der Waals surface area contributed by atoms with E-state index >= 15 is 0 Å². The maximum absolute atomic E-state index is 5.02. The average Bonchev–Trinajstić information content (AvgIpc) is 3.07. The van der Waals surface area contributed by atoms with Gasteiger partial charge in [0, 0.05) is 49.7 Å². The monoisotopic (exact) mass is 360 g/mol. The third kappa shape index (κ3) is 4.45. The number of aromatic nitrogens is 3. The molecule has 0 amide bonds. The molecule has 3 heterocycles. The summed E-state index contributed by atoms with van der Waals surface area (Å²) in [5.41, 5.74) is 5.05. The Bertz CT molecular complexity index is 899. The van der Waals surface area contributed by atoms with Crippen LogP contribution in [-0.2, 0) is 20.0 Å². The van der Waals surface area contributed by atoms with Crippen LogP contribution in [-0.4, -0.2) is 32.5 Å². The molecule has 0 bridgehead atoms. The van der Waals surface area contributed by atoms with E-state index in [2.05, 4.69) is 70.9 Å². The molecule has 1 atom stereocenters. The molecule has 1 aliphatic rings. The second-order valence-electron chi connectivity index (χ2n) is 7.75. The lowest BCUT2D eigenvalue weighted by Crippen LogP contribution is -2.35. The minimum atomic E-state index is 0.511. The van der Waals surface area contributed by atoms with Gasteiger partial charge in [-0.3, -0.25) is 9.88 Å². The fraction of sp³-hybridized carbons (Fsp3) is 0.391. The van der Waals surface area contributed by atoms with Crippen LogP contribution in [0.3, 0.4) is 0 Å². The first-order valence-electron chi connectivity index (χ1n) is 9.87. The van der Waals surface area contributed by atoms with E-state index in [4.69, 9.17) is 4.98 Å². The summed E-state index contributed by atoms with van der Waals surface area (Å²) in [7, 11) is 2.07. The highest BCUT2D eigenvalue weighted by atomic mass is 15.2. The molecule has 4 heteroatoms. The van der Waals surface area contributed by atoms with Crippen molar-refractivity contribution >= 4 is 0 Å². The van der Waals surface area contributed by atoms with Crippen LogP contribution in [0, 0.1) is 6.92 Å². The molecular weight excluding hydrogens is 332 g/mol. The zero-order chi connectivity index (χ0) is 18.6. The van der Waals surface area contributed by atoms with Crippen LogP contribution < -0.4 is 0 Å². The van der Waals surface area contributed by atoms with E-state index in [-0.39, 0.29) is 0 Å². The molecule has 1 saturated heterocycles. The van der Waals surface area contributed by atoms with Crippen LogP contribution in [0.1, 0.15) is 47.1 Å². The molecule has 3 aromatic rings. The molecule has 4 nitrogen and oxygen atoms in total. The molecule has 1 aliphatic heterocycles. The number of nitrogens with zero attached hydrogens (tertiary/aromatic N) is 4. The van der Waals surface area contributed by atoms with E-state index in [1.165, 1.54) is 35.4 Å². The minimum absolute atomic E-state index is 0.511. The Morgan fingerprint density at radius 1 is 1.15 bits per heavy atom. The van der Waals surface area contributed by atoms with Crippen molar-refractivity contribution in [1.29, 1.82) is 0 Å². The van der Waals surface area contributed by atoms with Crippen LogP contribution in [0.4, 0.5) is 0 Å². The van der Waals surface area contributed by atoms with Crippen molar-refractivity contribution in [3.8, 4) is 0 Å². The predicted molar refractivity (Wildman–Crippen MR) is 109 cm³/mol. The number of benzene rings is 1. The standard InChI is InChI=1S/C23H28N4/c1-18-6-3-7-19(14-18)15-21-9-4-10-22(25-21)20-8-5-12-27(16-20)17-23-24-11-13-26(23)2/h3-4,6-7,9-11,13-14,20H,5,8,12,15-17H2,1-2H3/t20-/m0/s1. The van der Waals surface area contributed by atoms with Gasteiger partial charge < -0.3 is 4.57 Å². The summed E-state index contributed by atoms with van der Waals surface area (Å²) >= 11 is 0. The van der Waals surface area contributed by atoms with Crippen molar-refractivity contribution in [1.82, 2.24) is 19.4 Å². The van der Waals surface area contributed by atoms with E-state index < -0.39 is 0 Å². The fourth-order valence-electron chi connectivity index (χ4n) is 4.04. The maximum Gasteiger partial charge on any atom is 0.122 e. The smallest absolute Gasteiger partial charge is 0.122 e. The summed E-state index contributed by atoms with van der Waals surface area (Å²) < 4.78 is 2.12. The zero-order valence-electron chi connectivity index (χ0n) is 16.3. The molecule has 140 valence electrons. The summed E-state index contributed by atoms with van der Waals surface area (Å²) in [6, 6.07) is 15.2. The van der Waals surface area contributed by atoms with Crippen molar-refractivity contribution in [2.45, 2.75) is 38.6 Å². The Morgan fingerprint density at radius 3 is 2.85 bits per heavy atom. The molecule has 0 spiro atoms. The lowest BCUT2D eigenvalue weighted by Gasteiger charge is -2.32. The van der Waals surface area contributed by atoms with E-state index in [1.54, 1.807) is 0 Å². The van der Waals surface area contributed by atoms with Crippen molar-refractivity contribution < 1.29 is 0 Å². The van der Waals surface area contributed by atoms with Gasteiger partial charge in [-0.1, -0.05) is 35.9 Å². The zero-order valence-corrected chi connectivity index (χ0v) is 16.3. The van der Waals surface area contributed by atoms with Crippen LogP contribution in [0.2, 0.25) is 0 Å². The Balaban J connectivity index is 1.45. The highest BCUT2D eigenvalue weighted by Crippen LogP contribution is 2.27. The second kappa shape index (κ2) is 8.05. The molecule has 1 aromatic carbocycles. The highest BCUT2D eigenvalue weighted by molar-refractivity contribution is 5.27. The lowest BCUT2D eigenvalue weighted by molar-refractivity contribution is 0.192. The van der Waals surface area contributed by atoms with Crippen molar-refractivity contribution in [2.24, 2.45) is 7.05 Å². The van der Waals surface area contributed by atoms with Crippen molar-refractivity contribution in [3.05, 3.63) is 83.2 Å². The summed E-state index contributed by atoms with van der Waals surface area (Å²) in [6.45, 7) is 5.27. The lowest BCUT2D eigenvalue weighted by atomic mass is 9.94. The molecule has 0 radical (unpaired) electrons. The quantitative estimate of drug-likeness (QED) is 0.687. The van der Waals surface area contributed by atoms with E-state index in [1.807, 2.05) is 12.4 Å². The Labute approximate surface area is 161 Å². The number of imidazole rings is 1. The SMILES string of the molecule is Cc1cccc(Cc2cccc([C@H]3CCCN(Cc4nccn4C)C3)n2)c1. The van der Waals surface area contributed by atoms with Gasteiger partial charge in [-0.2, -0.15) is 0 Å². The minimum Gasteiger partial charge on any atom is -0.337 e. The molecule has 4 rings (SSSR count). The first kappa shape index (κ1) is 17.9. The predicted octanol–water partition coefficient (Wildman–Crippen LogP) is 4.09. The molecule has 0 aliphatic carbocycles. The second-order valence-corrected chi connectivity index (χ2v) is 7.75. The number of pyridine rings is 1. The van der Waals surface area contributed by atoms with Crippen molar-refractivity contribution in [2.75, 3.05) is 13.1 Å². The number of piperidine rings is 1. The number of hydrogen-bond acceptors (Lipinski definition) is 3. The van der Waals surface area contributed by atoms with Gasteiger partial charge in [-0.25, -0.2) is 4.98 Å². The van der Waals surface area contributed by atoms with Crippen LogP contribution >= 0.6 is 0 Å². The number of hydrogen-bond donors (Lipinski definition) is 0. The van der Waals surface area contributed by atoms with Gasteiger partial charge >= 0.3 is 0 Å². The molecule has 0 saturated carbocycles. The Morgan fingerprint density at radius 2 is 2.04 bits per heavy atom. The topological polar surface area (TPSA) is 34.0 Å². The van der Waals surface area contributed by atoms with Crippen molar-refractivity contribution in [3.63, 3.8) is 0 Å². The molecule has 0 N–H and O–H groups in total.